The van der Waals surface area contributed by atoms with Crippen molar-refractivity contribution in [1.29, 1.82) is 0 Å². The minimum absolute atomic E-state index is 0.194. The van der Waals surface area contributed by atoms with E-state index in [9.17, 15) is 0 Å². The summed E-state index contributed by atoms with van der Waals surface area (Å²) in [5.74, 6) is 0. The second-order valence-corrected chi connectivity index (χ2v) is 3.97. The van der Waals surface area contributed by atoms with Crippen LogP contribution in [-0.4, -0.2) is 23.9 Å². The molecule has 0 unspecified atom stereocenters. The van der Waals surface area contributed by atoms with Gasteiger partial charge in [-0.25, -0.2) is 0 Å². The van der Waals surface area contributed by atoms with Crippen LogP contribution in [0, 0.1) is 0 Å². The number of rotatable bonds is 0. The number of halogens is 1. The Labute approximate surface area is 68.8 Å². The van der Waals surface area contributed by atoms with Gasteiger partial charge in [-0.1, -0.05) is 0 Å². The fourth-order valence-corrected chi connectivity index (χ4v) is 2.05. The molecular weight excluding hydrogens is 214 g/mol. The summed E-state index contributed by atoms with van der Waals surface area (Å²) in [6.07, 6.45) is 0. The summed E-state index contributed by atoms with van der Waals surface area (Å²) in [6.45, 7) is 0. The van der Waals surface area contributed by atoms with E-state index in [0.29, 0.717) is 0 Å². The van der Waals surface area contributed by atoms with Crippen molar-refractivity contribution in [2.45, 2.75) is 0 Å². The number of nitrogens with zero attached hydrogens (tertiary/aromatic N) is 2. The summed E-state index contributed by atoms with van der Waals surface area (Å²) in [7, 11) is 0. The van der Waals surface area contributed by atoms with Crippen molar-refractivity contribution in [3.05, 3.63) is 23.2 Å². The summed E-state index contributed by atoms with van der Waals surface area (Å²) in [6, 6.07) is 5.70. The van der Waals surface area contributed by atoms with Crippen molar-refractivity contribution in [2.24, 2.45) is 0 Å². The second kappa shape index (κ2) is 2.35. The van der Waals surface area contributed by atoms with Crippen LogP contribution in [0.1, 0.15) is 0 Å². The molecule has 2 nitrogen and oxygen atoms in total. The molecule has 0 radical (unpaired) electrons. The Kier molecular flexibility index (Phi) is 1.49. The van der Waals surface area contributed by atoms with Crippen molar-refractivity contribution in [3.8, 4) is 0 Å². The summed E-state index contributed by atoms with van der Waals surface area (Å²) in [4.78, 5) is 0. The number of fused-ring (bicyclic) bond motifs is 1. The van der Waals surface area contributed by atoms with Gasteiger partial charge in [-0.2, -0.15) is 0 Å². The van der Waals surface area contributed by atoms with Crippen LogP contribution in [0.25, 0.3) is 9.78 Å². The van der Waals surface area contributed by atoms with Gasteiger partial charge in [0.15, 0.2) is 0 Å². The van der Waals surface area contributed by atoms with Gasteiger partial charge in [0.25, 0.3) is 0 Å². The van der Waals surface area contributed by atoms with Crippen LogP contribution in [0.2, 0.25) is 5.02 Å². The van der Waals surface area contributed by atoms with E-state index in [2.05, 4.69) is 9.19 Å². The molecule has 0 bridgehead atoms. The third kappa shape index (κ3) is 0.966. The maximum absolute atomic E-state index is 5.73. The molecule has 0 amide bonds. The third-order valence-corrected chi connectivity index (χ3v) is 2.92. The first kappa shape index (κ1) is 6.35. The molecule has 2 rings (SSSR count). The molecule has 0 spiro atoms. The van der Waals surface area contributed by atoms with Crippen LogP contribution >= 0.6 is 11.6 Å². The Morgan fingerprint density at radius 2 is 2.30 bits per heavy atom. The van der Waals surface area contributed by atoms with Gasteiger partial charge in [-0.15, -0.1) is 0 Å². The molecule has 10 heavy (non-hydrogen) atoms. The minimum atomic E-state index is 0.194. The summed E-state index contributed by atoms with van der Waals surface area (Å²) >= 11 is 5.92. The predicted molar refractivity (Wildman–Crippen MR) is 41.5 cm³/mol. The van der Waals surface area contributed by atoms with E-state index < -0.39 is 0 Å². The van der Waals surface area contributed by atoms with E-state index in [4.69, 9.17) is 11.6 Å². The molecule has 0 atom stereocenters. The molecule has 0 fully saturated rings. The Morgan fingerprint density at radius 3 is 3.20 bits per heavy atom. The Balaban J connectivity index is 2.86. The van der Waals surface area contributed by atoms with Crippen molar-refractivity contribution in [1.82, 2.24) is 9.19 Å². The summed E-state index contributed by atoms with van der Waals surface area (Å²) < 4.78 is 5.14. The van der Waals surface area contributed by atoms with E-state index in [1.54, 1.807) is 0 Å². The van der Waals surface area contributed by atoms with Crippen LogP contribution in [-0.2, 0) is 0 Å². The topological polar surface area (TPSA) is 25.8 Å². The Morgan fingerprint density at radius 1 is 1.40 bits per heavy atom. The molecule has 0 aliphatic rings. The number of hydrogen-bond donors (Lipinski definition) is 0. The quantitative estimate of drug-likeness (QED) is 0.623. The Bertz CT molecular complexity index is 357. The molecule has 0 saturated heterocycles. The second-order valence-electron chi connectivity index (χ2n) is 1.88. The van der Waals surface area contributed by atoms with Gasteiger partial charge < -0.3 is 0 Å². The van der Waals surface area contributed by atoms with Gasteiger partial charge >= 0.3 is 68.5 Å². The fourth-order valence-electron chi connectivity index (χ4n) is 0.754. The maximum atomic E-state index is 5.73. The van der Waals surface area contributed by atoms with Crippen molar-refractivity contribution < 1.29 is 0 Å². The number of benzene rings is 1. The van der Waals surface area contributed by atoms with Gasteiger partial charge in [0.2, 0.25) is 0 Å². The first-order valence-electron chi connectivity index (χ1n) is 2.74. The first-order valence-corrected chi connectivity index (χ1v) is 4.74. The number of aromatic nitrogens is 2. The molecule has 4 heteroatoms. The number of hydrogen-bond acceptors (Lipinski definition) is 2. The van der Waals surface area contributed by atoms with E-state index in [0.717, 1.165) is 10.5 Å². The monoisotopic (exact) mass is 218 g/mol. The summed E-state index contributed by atoms with van der Waals surface area (Å²) in [5.41, 5.74) is 0.938. The zero-order chi connectivity index (χ0) is 6.97. The molecule has 50 valence electrons. The van der Waals surface area contributed by atoms with E-state index in [1.807, 2.05) is 18.2 Å². The van der Waals surface area contributed by atoms with Crippen LogP contribution < -0.4 is 0 Å². The normalized spacial score (nSPS) is 10.5. The Hall–Kier alpha value is -0.371. The van der Waals surface area contributed by atoms with Crippen LogP contribution in [0.3, 0.4) is 0 Å². The van der Waals surface area contributed by atoms with Gasteiger partial charge in [0, 0.05) is 0 Å². The molecule has 1 heterocycles. The molecule has 1 aromatic carbocycles. The molecule has 0 aliphatic heterocycles. The molecule has 0 N–H and O–H groups in total. The molecule has 0 aliphatic carbocycles. The van der Waals surface area contributed by atoms with E-state index >= 15 is 0 Å². The first-order chi connectivity index (χ1) is 4.86. The zero-order valence-corrected chi connectivity index (χ0v) is 7.38. The predicted octanol–water partition coefficient (Wildman–Crippen LogP) is 1.34. The molecule has 0 saturated carbocycles. The van der Waals surface area contributed by atoms with Crippen LogP contribution in [0.5, 0.6) is 0 Å². The van der Waals surface area contributed by atoms with Gasteiger partial charge in [-0.3, -0.25) is 0 Å². The average Bonchev–Trinajstić information content (AvgIpc) is 2.33. The van der Waals surface area contributed by atoms with E-state index in [-0.39, 0.29) is 14.7 Å². The zero-order valence-electron chi connectivity index (χ0n) is 4.91. The van der Waals surface area contributed by atoms with Gasteiger partial charge in [0.1, 0.15) is 0 Å². The van der Waals surface area contributed by atoms with Gasteiger partial charge in [-0.05, 0) is 0 Å². The molecule has 2 aromatic rings. The molecular formula is C6H3ClN2Se. The SMILES string of the molecule is Clc1ccc2[se]nnc2c1. The van der Waals surface area contributed by atoms with Gasteiger partial charge in [0.05, 0.1) is 0 Å². The van der Waals surface area contributed by atoms with Crippen LogP contribution in [0.4, 0.5) is 0 Å². The van der Waals surface area contributed by atoms with E-state index in [1.165, 1.54) is 4.26 Å². The van der Waals surface area contributed by atoms with Crippen LogP contribution in [0.15, 0.2) is 18.2 Å². The standard InChI is InChI=1S/C6H3ClN2Se/c7-4-1-2-6-5(3-4)8-9-10-6/h1-3H. The van der Waals surface area contributed by atoms with Crippen molar-refractivity contribution >= 4 is 36.1 Å². The third-order valence-electron chi connectivity index (χ3n) is 1.21. The summed E-state index contributed by atoms with van der Waals surface area (Å²) in [5, 5.41) is 4.66. The molecule has 1 aromatic heterocycles. The van der Waals surface area contributed by atoms with Crippen molar-refractivity contribution in [3.63, 3.8) is 0 Å². The fraction of sp³-hybridized carbons (Fsp3) is 0. The van der Waals surface area contributed by atoms with Crippen molar-refractivity contribution in [2.75, 3.05) is 0 Å². The average molecular weight is 218 g/mol.